The quantitative estimate of drug-likeness (QED) is 0.676. The van der Waals surface area contributed by atoms with E-state index in [9.17, 15) is 0 Å². The van der Waals surface area contributed by atoms with E-state index in [1.165, 1.54) is 27.8 Å². The first kappa shape index (κ1) is 13.4. The largest absolute Gasteiger partial charge is 0.388 e. The molecule has 3 rings (SSSR count). The van der Waals surface area contributed by atoms with Gasteiger partial charge in [-0.05, 0) is 35.2 Å². The lowest BCUT2D eigenvalue weighted by molar-refractivity contribution is 1.44. The Morgan fingerprint density at radius 2 is 1.38 bits per heavy atom. The highest BCUT2D eigenvalue weighted by atomic mass is 14.8. The summed E-state index contributed by atoms with van der Waals surface area (Å²) in [6, 6.07) is 25.6. The van der Waals surface area contributed by atoms with E-state index in [0.717, 1.165) is 5.69 Å². The van der Waals surface area contributed by atoms with E-state index in [4.69, 9.17) is 0 Å². The molecule has 0 saturated carbocycles. The molecule has 0 unspecified atom stereocenters. The highest BCUT2D eigenvalue weighted by Gasteiger charge is 2.08. The molecule has 1 nitrogen and oxygen atoms in total. The van der Waals surface area contributed by atoms with Gasteiger partial charge in [0.05, 0.1) is 0 Å². The lowest BCUT2D eigenvalue weighted by Crippen LogP contribution is -1.94. The fraction of sp³-hybridized carbons (Fsp3) is 0.100. The van der Waals surface area contributed by atoms with Crippen LogP contribution >= 0.6 is 0 Å². The van der Waals surface area contributed by atoms with Crippen molar-refractivity contribution in [2.75, 3.05) is 12.4 Å². The Labute approximate surface area is 126 Å². The molecular formula is C20H19N. The molecule has 0 spiro atoms. The SMILES string of the molecule is CNc1cc(-c2ccccc2)ccc1-c1ccccc1C. The summed E-state index contributed by atoms with van der Waals surface area (Å²) in [6.45, 7) is 2.15. The lowest BCUT2D eigenvalue weighted by Gasteiger charge is -2.14. The van der Waals surface area contributed by atoms with Crippen LogP contribution in [0.1, 0.15) is 5.56 Å². The van der Waals surface area contributed by atoms with Gasteiger partial charge >= 0.3 is 0 Å². The van der Waals surface area contributed by atoms with Gasteiger partial charge in [-0.25, -0.2) is 0 Å². The van der Waals surface area contributed by atoms with Crippen molar-refractivity contribution in [1.29, 1.82) is 0 Å². The topological polar surface area (TPSA) is 12.0 Å². The second-order valence-electron chi connectivity index (χ2n) is 5.19. The Balaban J connectivity index is 2.11. The molecule has 0 saturated heterocycles. The van der Waals surface area contributed by atoms with E-state index in [1.807, 2.05) is 13.1 Å². The zero-order valence-electron chi connectivity index (χ0n) is 12.4. The number of nitrogens with one attached hydrogen (secondary N) is 1. The predicted molar refractivity (Wildman–Crippen MR) is 91.6 cm³/mol. The summed E-state index contributed by atoms with van der Waals surface area (Å²) in [7, 11) is 1.98. The Kier molecular flexibility index (Phi) is 3.74. The third kappa shape index (κ3) is 2.68. The average Bonchev–Trinajstić information content (AvgIpc) is 2.56. The van der Waals surface area contributed by atoms with E-state index < -0.39 is 0 Å². The predicted octanol–water partition coefficient (Wildman–Crippen LogP) is 5.37. The first-order valence-corrected chi connectivity index (χ1v) is 7.23. The minimum Gasteiger partial charge on any atom is -0.388 e. The van der Waals surface area contributed by atoms with Crippen molar-refractivity contribution < 1.29 is 0 Å². The standard InChI is InChI=1S/C20H19N/c1-15-8-6-7-11-18(15)19-13-12-17(14-20(19)21-2)16-9-4-3-5-10-16/h3-14,21H,1-2H3. The molecule has 0 aliphatic heterocycles. The van der Waals surface area contributed by atoms with Crippen molar-refractivity contribution >= 4 is 5.69 Å². The molecule has 0 aliphatic carbocycles. The van der Waals surface area contributed by atoms with E-state index in [-0.39, 0.29) is 0 Å². The van der Waals surface area contributed by atoms with Crippen LogP contribution in [-0.2, 0) is 0 Å². The summed E-state index contributed by atoms with van der Waals surface area (Å²) in [5.41, 5.74) is 7.45. The van der Waals surface area contributed by atoms with Gasteiger partial charge in [-0.2, -0.15) is 0 Å². The monoisotopic (exact) mass is 273 g/mol. The lowest BCUT2D eigenvalue weighted by atomic mass is 9.95. The van der Waals surface area contributed by atoms with Gasteiger partial charge in [0.15, 0.2) is 0 Å². The van der Waals surface area contributed by atoms with Crippen molar-refractivity contribution in [3.05, 3.63) is 78.4 Å². The van der Waals surface area contributed by atoms with Crippen LogP contribution in [0.4, 0.5) is 5.69 Å². The Bertz CT molecular complexity index is 745. The summed E-state index contributed by atoms with van der Waals surface area (Å²) in [4.78, 5) is 0. The van der Waals surface area contributed by atoms with Crippen LogP contribution in [0.15, 0.2) is 72.8 Å². The summed E-state index contributed by atoms with van der Waals surface area (Å²) in [6.07, 6.45) is 0. The Morgan fingerprint density at radius 1 is 0.667 bits per heavy atom. The molecule has 0 atom stereocenters. The first-order chi connectivity index (χ1) is 10.3. The van der Waals surface area contributed by atoms with Gasteiger partial charge in [0.1, 0.15) is 0 Å². The molecule has 104 valence electrons. The maximum Gasteiger partial charge on any atom is 0.0423 e. The van der Waals surface area contributed by atoms with Crippen molar-refractivity contribution in [3.63, 3.8) is 0 Å². The summed E-state index contributed by atoms with van der Waals surface area (Å²) < 4.78 is 0. The highest BCUT2D eigenvalue weighted by molar-refractivity contribution is 5.83. The summed E-state index contributed by atoms with van der Waals surface area (Å²) >= 11 is 0. The summed E-state index contributed by atoms with van der Waals surface area (Å²) in [5, 5.41) is 3.33. The molecule has 21 heavy (non-hydrogen) atoms. The van der Waals surface area contributed by atoms with Crippen LogP contribution < -0.4 is 5.32 Å². The van der Waals surface area contributed by atoms with Gasteiger partial charge in [0, 0.05) is 18.3 Å². The number of rotatable bonds is 3. The molecule has 1 heteroatoms. The smallest absolute Gasteiger partial charge is 0.0423 e. The second-order valence-corrected chi connectivity index (χ2v) is 5.19. The Hall–Kier alpha value is -2.54. The highest BCUT2D eigenvalue weighted by Crippen LogP contribution is 2.33. The molecule has 0 fully saturated rings. The van der Waals surface area contributed by atoms with Crippen LogP contribution in [0.2, 0.25) is 0 Å². The minimum atomic E-state index is 1.16. The molecule has 0 amide bonds. The fourth-order valence-electron chi connectivity index (χ4n) is 2.67. The third-order valence-electron chi connectivity index (χ3n) is 3.83. The Morgan fingerprint density at radius 3 is 2.10 bits per heavy atom. The van der Waals surface area contributed by atoms with Gasteiger partial charge in [-0.15, -0.1) is 0 Å². The molecule has 3 aromatic rings. The third-order valence-corrected chi connectivity index (χ3v) is 3.83. The molecule has 0 aromatic heterocycles. The minimum absolute atomic E-state index is 1.16. The van der Waals surface area contributed by atoms with Crippen molar-refractivity contribution in [1.82, 2.24) is 0 Å². The van der Waals surface area contributed by atoms with E-state index in [2.05, 4.69) is 79.0 Å². The number of anilines is 1. The fourth-order valence-corrected chi connectivity index (χ4v) is 2.67. The molecule has 1 N–H and O–H groups in total. The van der Waals surface area contributed by atoms with E-state index in [1.54, 1.807) is 0 Å². The first-order valence-electron chi connectivity index (χ1n) is 7.23. The van der Waals surface area contributed by atoms with Gasteiger partial charge in [-0.3, -0.25) is 0 Å². The zero-order chi connectivity index (χ0) is 14.7. The van der Waals surface area contributed by atoms with Crippen molar-refractivity contribution in [3.8, 4) is 22.3 Å². The normalized spacial score (nSPS) is 10.4. The van der Waals surface area contributed by atoms with Crippen LogP contribution in [0, 0.1) is 6.92 Å². The van der Waals surface area contributed by atoms with Crippen molar-refractivity contribution in [2.24, 2.45) is 0 Å². The van der Waals surface area contributed by atoms with E-state index in [0.29, 0.717) is 0 Å². The van der Waals surface area contributed by atoms with Gasteiger partial charge < -0.3 is 5.32 Å². The second kappa shape index (κ2) is 5.84. The maximum absolute atomic E-state index is 3.33. The van der Waals surface area contributed by atoms with Crippen LogP contribution in [0.3, 0.4) is 0 Å². The van der Waals surface area contributed by atoms with Crippen LogP contribution in [-0.4, -0.2) is 7.05 Å². The number of hydrogen-bond acceptors (Lipinski definition) is 1. The number of aryl methyl sites for hydroxylation is 1. The molecule has 3 aromatic carbocycles. The summed E-state index contributed by atoms with van der Waals surface area (Å²) in [5.74, 6) is 0. The molecule has 0 bridgehead atoms. The van der Waals surface area contributed by atoms with Gasteiger partial charge in [-0.1, -0.05) is 66.7 Å². The average molecular weight is 273 g/mol. The van der Waals surface area contributed by atoms with Crippen LogP contribution in [0.5, 0.6) is 0 Å². The molecule has 0 heterocycles. The zero-order valence-corrected chi connectivity index (χ0v) is 12.4. The molecule has 0 radical (unpaired) electrons. The van der Waals surface area contributed by atoms with Gasteiger partial charge in [0.2, 0.25) is 0 Å². The van der Waals surface area contributed by atoms with E-state index >= 15 is 0 Å². The van der Waals surface area contributed by atoms with Gasteiger partial charge in [0.25, 0.3) is 0 Å². The van der Waals surface area contributed by atoms with Crippen LogP contribution in [0.25, 0.3) is 22.3 Å². The molecular weight excluding hydrogens is 254 g/mol. The maximum atomic E-state index is 3.33. The number of benzene rings is 3. The number of hydrogen-bond donors (Lipinski definition) is 1. The van der Waals surface area contributed by atoms with Crippen molar-refractivity contribution in [2.45, 2.75) is 6.92 Å². The molecule has 0 aliphatic rings.